The smallest absolute Gasteiger partial charge is 0.416 e. The van der Waals surface area contributed by atoms with Crippen LogP contribution in [0.4, 0.5) is 19.1 Å². The van der Waals surface area contributed by atoms with Gasteiger partial charge >= 0.3 is 12.2 Å². The summed E-state index contributed by atoms with van der Waals surface area (Å²) in [5.41, 5.74) is 4.53. The first-order valence-electron chi connectivity index (χ1n) is 4.87. The summed E-state index contributed by atoms with van der Waals surface area (Å²) in [4.78, 5) is 10.8. The monoisotopic (exact) mass is 290 g/mol. The van der Waals surface area contributed by atoms with E-state index in [0.717, 1.165) is 24.3 Å². The van der Waals surface area contributed by atoms with Crippen molar-refractivity contribution < 1.29 is 17.9 Å². The maximum atomic E-state index is 12.3. The SMILES string of the molecule is Nc1nc(Cl)nc(Oc2ccc(C(F)(F)F)cc2)n1. The number of ether oxygens (including phenoxy) is 1. The molecule has 100 valence electrons. The van der Waals surface area contributed by atoms with E-state index in [1.807, 2.05) is 0 Å². The Balaban J connectivity index is 2.20. The highest BCUT2D eigenvalue weighted by molar-refractivity contribution is 6.28. The van der Waals surface area contributed by atoms with Gasteiger partial charge in [0.2, 0.25) is 11.2 Å². The van der Waals surface area contributed by atoms with Crippen molar-refractivity contribution in [3.8, 4) is 11.8 Å². The minimum absolute atomic E-state index is 0.120. The lowest BCUT2D eigenvalue weighted by Crippen LogP contribution is -2.04. The van der Waals surface area contributed by atoms with Gasteiger partial charge in [-0.1, -0.05) is 0 Å². The second-order valence-electron chi connectivity index (χ2n) is 3.37. The summed E-state index contributed by atoms with van der Waals surface area (Å²) in [5, 5.41) is -0.172. The topological polar surface area (TPSA) is 73.9 Å². The minimum Gasteiger partial charge on any atom is -0.424 e. The van der Waals surface area contributed by atoms with Gasteiger partial charge in [-0.25, -0.2) is 0 Å². The zero-order valence-corrected chi connectivity index (χ0v) is 9.90. The summed E-state index contributed by atoms with van der Waals surface area (Å²) in [5.74, 6) is -0.0309. The van der Waals surface area contributed by atoms with Gasteiger partial charge in [0.05, 0.1) is 5.56 Å². The van der Waals surface area contributed by atoms with Crippen molar-refractivity contribution in [1.29, 1.82) is 0 Å². The Morgan fingerprint density at radius 1 is 1.05 bits per heavy atom. The molecule has 5 nitrogen and oxygen atoms in total. The molecule has 0 saturated heterocycles. The Labute approximate surface area is 110 Å². The number of alkyl halides is 3. The normalized spacial score (nSPS) is 11.4. The number of nitrogens with two attached hydrogens (primary N) is 1. The number of anilines is 1. The van der Waals surface area contributed by atoms with Gasteiger partial charge in [-0.2, -0.15) is 28.1 Å². The number of halogens is 4. The van der Waals surface area contributed by atoms with Gasteiger partial charge in [0, 0.05) is 0 Å². The molecule has 0 aliphatic rings. The molecule has 0 aliphatic carbocycles. The molecule has 2 aromatic rings. The van der Waals surface area contributed by atoms with Crippen LogP contribution < -0.4 is 10.5 Å². The second-order valence-corrected chi connectivity index (χ2v) is 3.71. The van der Waals surface area contributed by atoms with Gasteiger partial charge < -0.3 is 10.5 Å². The molecule has 0 amide bonds. The van der Waals surface area contributed by atoms with Crippen LogP contribution in [0.2, 0.25) is 5.28 Å². The van der Waals surface area contributed by atoms with E-state index >= 15 is 0 Å². The first-order valence-corrected chi connectivity index (χ1v) is 5.24. The highest BCUT2D eigenvalue weighted by Crippen LogP contribution is 2.31. The van der Waals surface area contributed by atoms with Crippen molar-refractivity contribution >= 4 is 17.5 Å². The third-order valence-electron chi connectivity index (χ3n) is 2.00. The predicted octanol–water partition coefficient (Wildman–Crippen LogP) is 2.92. The third-order valence-corrected chi connectivity index (χ3v) is 2.16. The van der Waals surface area contributed by atoms with E-state index in [9.17, 15) is 13.2 Å². The van der Waals surface area contributed by atoms with E-state index in [-0.39, 0.29) is 23.0 Å². The van der Waals surface area contributed by atoms with E-state index in [1.165, 1.54) is 0 Å². The molecule has 1 aromatic heterocycles. The number of rotatable bonds is 2. The third kappa shape index (κ3) is 3.44. The number of aromatic nitrogens is 3. The number of nitrogen functional groups attached to an aromatic ring is 1. The zero-order valence-electron chi connectivity index (χ0n) is 9.15. The standard InChI is InChI=1S/C10H6ClF3N4O/c11-7-16-8(15)18-9(17-7)19-6-3-1-5(2-4-6)10(12,13)14/h1-4H,(H2,15,16,17,18). The van der Waals surface area contributed by atoms with Crippen LogP contribution in [-0.2, 0) is 6.18 Å². The van der Waals surface area contributed by atoms with Gasteiger partial charge in [-0.05, 0) is 35.9 Å². The average Bonchev–Trinajstić information content (AvgIpc) is 2.26. The fourth-order valence-corrected chi connectivity index (χ4v) is 1.37. The Kier molecular flexibility index (Phi) is 3.43. The molecule has 1 heterocycles. The van der Waals surface area contributed by atoms with Gasteiger partial charge in [0.1, 0.15) is 5.75 Å². The summed E-state index contributed by atoms with van der Waals surface area (Å²) in [6.45, 7) is 0. The Bertz CT molecular complexity index is 568. The lowest BCUT2D eigenvalue weighted by atomic mass is 10.2. The van der Waals surface area contributed by atoms with Crippen LogP contribution in [-0.4, -0.2) is 15.0 Å². The Morgan fingerprint density at radius 3 is 2.21 bits per heavy atom. The minimum atomic E-state index is -4.40. The van der Waals surface area contributed by atoms with Crippen molar-refractivity contribution in [3.63, 3.8) is 0 Å². The fraction of sp³-hybridized carbons (Fsp3) is 0.100. The van der Waals surface area contributed by atoms with E-state index in [1.54, 1.807) is 0 Å². The molecule has 19 heavy (non-hydrogen) atoms. The van der Waals surface area contributed by atoms with Crippen molar-refractivity contribution in [2.45, 2.75) is 6.18 Å². The molecule has 2 N–H and O–H groups in total. The van der Waals surface area contributed by atoms with E-state index in [4.69, 9.17) is 22.1 Å². The molecule has 0 atom stereocenters. The van der Waals surface area contributed by atoms with E-state index < -0.39 is 11.7 Å². The van der Waals surface area contributed by atoms with Crippen molar-refractivity contribution in [3.05, 3.63) is 35.1 Å². The maximum Gasteiger partial charge on any atom is 0.416 e. The highest BCUT2D eigenvalue weighted by atomic mass is 35.5. The second kappa shape index (κ2) is 4.88. The van der Waals surface area contributed by atoms with Crippen LogP contribution in [0, 0.1) is 0 Å². The van der Waals surface area contributed by atoms with Gasteiger partial charge in [-0.3, -0.25) is 0 Å². The van der Waals surface area contributed by atoms with Crippen molar-refractivity contribution in [2.75, 3.05) is 5.73 Å². The molecule has 0 aliphatic heterocycles. The Hall–Kier alpha value is -2.09. The van der Waals surface area contributed by atoms with Crippen LogP contribution in [0.1, 0.15) is 5.56 Å². The number of hydrogen-bond acceptors (Lipinski definition) is 5. The van der Waals surface area contributed by atoms with E-state index in [2.05, 4.69) is 15.0 Å². The molecular weight excluding hydrogens is 285 g/mol. The molecule has 9 heteroatoms. The van der Waals surface area contributed by atoms with E-state index in [0.29, 0.717) is 0 Å². The number of nitrogens with zero attached hydrogens (tertiary/aromatic N) is 3. The van der Waals surface area contributed by atoms with Crippen LogP contribution >= 0.6 is 11.6 Å². The number of benzene rings is 1. The Morgan fingerprint density at radius 2 is 1.68 bits per heavy atom. The zero-order chi connectivity index (χ0) is 14.0. The molecule has 0 radical (unpaired) electrons. The summed E-state index contributed by atoms with van der Waals surface area (Å²) in [6, 6.07) is 3.83. The van der Waals surface area contributed by atoms with Gasteiger partial charge in [0.25, 0.3) is 0 Å². The molecule has 0 bridgehead atoms. The quantitative estimate of drug-likeness (QED) is 0.920. The van der Waals surface area contributed by atoms with Crippen LogP contribution in [0.5, 0.6) is 11.8 Å². The summed E-state index contributed by atoms with van der Waals surface area (Å²) >= 11 is 5.53. The van der Waals surface area contributed by atoms with Gasteiger partial charge in [0.15, 0.2) is 0 Å². The fourth-order valence-electron chi connectivity index (χ4n) is 1.21. The molecule has 0 fully saturated rings. The van der Waals surface area contributed by atoms with Crippen LogP contribution in [0.3, 0.4) is 0 Å². The predicted molar refractivity (Wildman–Crippen MR) is 60.8 cm³/mol. The van der Waals surface area contributed by atoms with Crippen LogP contribution in [0.15, 0.2) is 24.3 Å². The molecule has 2 rings (SSSR count). The average molecular weight is 291 g/mol. The lowest BCUT2D eigenvalue weighted by molar-refractivity contribution is -0.137. The molecule has 0 unspecified atom stereocenters. The van der Waals surface area contributed by atoms with Gasteiger partial charge in [-0.15, -0.1) is 0 Å². The number of hydrogen-bond donors (Lipinski definition) is 1. The lowest BCUT2D eigenvalue weighted by Gasteiger charge is -2.08. The first-order chi connectivity index (χ1) is 8.84. The van der Waals surface area contributed by atoms with Crippen molar-refractivity contribution in [2.24, 2.45) is 0 Å². The molecule has 1 aromatic carbocycles. The largest absolute Gasteiger partial charge is 0.424 e. The maximum absolute atomic E-state index is 12.3. The van der Waals surface area contributed by atoms with Crippen molar-refractivity contribution in [1.82, 2.24) is 15.0 Å². The summed E-state index contributed by atoms with van der Waals surface area (Å²) in [7, 11) is 0. The summed E-state index contributed by atoms with van der Waals surface area (Å²) in [6.07, 6.45) is -4.40. The first kappa shape index (κ1) is 13.3. The highest BCUT2D eigenvalue weighted by Gasteiger charge is 2.30. The molecule has 0 spiro atoms. The van der Waals surface area contributed by atoms with Crippen LogP contribution in [0.25, 0.3) is 0 Å². The molecular formula is C10H6ClF3N4O. The summed E-state index contributed by atoms with van der Waals surface area (Å²) < 4.78 is 42.1. The molecule has 0 saturated carbocycles.